The number of rotatable bonds is 0. The third-order valence-corrected chi connectivity index (χ3v) is 0.235. The molecule has 6 nitrogen and oxygen atoms in total. The molecule has 0 aromatic carbocycles. The fourth-order valence-electron chi connectivity index (χ4n) is 0. The van der Waals surface area contributed by atoms with E-state index in [0.717, 1.165) is 13.8 Å². The van der Waals surface area contributed by atoms with Crippen LogP contribution in [0.15, 0.2) is 0 Å². The smallest absolute Gasteiger partial charge is 0.662 e. The van der Waals surface area contributed by atoms with Gasteiger partial charge in [0.25, 0.3) is 11.9 Å². The normalized spacial score (nSPS) is 6.18. The van der Waals surface area contributed by atoms with Crippen molar-refractivity contribution in [2.24, 2.45) is 0 Å². The molecule has 11 heavy (non-hydrogen) atoms. The van der Waals surface area contributed by atoms with Gasteiger partial charge >= 0.3 is 48.9 Å². The van der Waals surface area contributed by atoms with E-state index in [1.54, 1.807) is 0 Å². The number of hydrogen-bond donors (Lipinski definition) is 0. The van der Waals surface area contributed by atoms with Gasteiger partial charge in [-0.05, 0) is 0 Å². The SMILES string of the molecule is CC(=O)O[O-].CC(=O)O[O-].[Ba+2]. The molecule has 0 rings (SSSR count). The molecule has 0 saturated carbocycles. The van der Waals surface area contributed by atoms with Gasteiger partial charge in [0, 0.05) is 13.8 Å². The van der Waals surface area contributed by atoms with Crippen LogP contribution in [0.1, 0.15) is 13.8 Å². The summed E-state index contributed by atoms with van der Waals surface area (Å²) in [6.45, 7) is 2.10. The van der Waals surface area contributed by atoms with Crippen LogP contribution < -0.4 is 10.5 Å². The van der Waals surface area contributed by atoms with Crippen LogP contribution >= 0.6 is 0 Å². The predicted octanol–water partition coefficient (Wildman–Crippen LogP) is -2.73. The van der Waals surface area contributed by atoms with Crippen molar-refractivity contribution in [3.8, 4) is 0 Å². The molecule has 60 valence electrons. The first kappa shape index (κ1) is 17.5. The van der Waals surface area contributed by atoms with Crippen LogP contribution in [0.3, 0.4) is 0 Å². The zero-order chi connectivity index (χ0) is 8.57. The quantitative estimate of drug-likeness (QED) is 0.272. The molecular weight excluding hydrogens is 281 g/mol. The Hall–Kier alpha value is 0.431. The molecule has 0 bridgehead atoms. The van der Waals surface area contributed by atoms with E-state index in [1.165, 1.54) is 0 Å². The van der Waals surface area contributed by atoms with E-state index in [4.69, 9.17) is 10.5 Å². The molecule has 0 radical (unpaired) electrons. The van der Waals surface area contributed by atoms with Gasteiger partial charge < -0.3 is 20.3 Å². The minimum Gasteiger partial charge on any atom is -0.662 e. The number of hydrogen-bond acceptors (Lipinski definition) is 6. The van der Waals surface area contributed by atoms with Crippen molar-refractivity contribution < 1.29 is 29.9 Å². The second-order valence-corrected chi connectivity index (χ2v) is 1.15. The van der Waals surface area contributed by atoms with Gasteiger partial charge in [0.15, 0.2) is 0 Å². The Balaban J connectivity index is -0.000000107. The molecule has 7 heteroatoms. The number of carbonyl (C=O) groups is 2. The van der Waals surface area contributed by atoms with E-state index < -0.39 is 11.9 Å². The third-order valence-electron chi connectivity index (χ3n) is 0.235. The summed E-state index contributed by atoms with van der Waals surface area (Å²) in [5, 5.41) is 17.6. The van der Waals surface area contributed by atoms with Crippen LogP contribution in [0.4, 0.5) is 0 Å². The molecule has 0 fully saturated rings. The van der Waals surface area contributed by atoms with Crippen molar-refractivity contribution in [2.45, 2.75) is 13.8 Å². The predicted molar refractivity (Wildman–Crippen MR) is 29.3 cm³/mol. The average molecular weight is 287 g/mol. The van der Waals surface area contributed by atoms with Crippen LogP contribution in [-0.4, -0.2) is 60.8 Å². The standard InChI is InChI=1S/2C2H4O3.Ba/c2*1-2(3)5-4;/h2*4H,1H3;/q;;+2/p-2. The van der Waals surface area contributed by atoms with Crippen LogP contribution in [-0.2, 0) is 19.4 Å². The van der Waals surface area contributed by atoms with E-state index in [-0.39, 0.29) is 48.9 Å². The Bertz CT molecular complexity index is 99.1. The number of carbonyl (C=O) groups excluding carboxylic acids is 2. The second-order valence-electron chi connectivity index (χ2n) is 1.15. The summed E-state index contributed by atoms with van der Waals surface area (Å²) >= 11 is 0. The molecule has 0 heterocycles. The monoisotopic (exact) mass is 288 g/mol. The van der Waals surface area contributed by atoms with Gasteiger partial charge in [-0.25, -0.2) is 0 Å². The maximum Gasteiger partial charge on any atom is 2.00 e. The van der Waals surface area contributed by atoms with Crippen LogP contribution in [0, 0.1) is 0 Å². The van der Waals surface area contributed by atoms with Crippen molar-refractivity contribution in [3.63, 3.8) is 0 Å². The van der Waals surface area contributed by atoms with Crippen molar-refractivity contribution in [2.75, 3.05) is 0 Å². The van der Waals surface area contributed by atoms with Crippen LogP contribution in [0.25, 0.3) is 0 Å². The summed E-state index contributed by atoms with van der Waals surface area (Å²) in [5.74, 6) is -1.60. The summed E-state index contributed by atoms with van der Waals surface area (Å²) in [6, 6.07) is 0. The topological polar surface area (TPSA) is 98.7 Å². The first-order valence-corrected chi connectivity index (χ1v) is 2.15. The Labute approximate surface area is 103 Å². The summed E-state index contributed by atoms with van der Waals surface area (Å²) in [4.78, 5) is 24.3. The molecule has 0 aromatic rings. The molecule has 0 aliphatic carbocycles. The summed E-state index contributed by atoms with van der Waals surface area (Å²) < 4.78 is 0. The summed E-state index contributed by atoms with van der Waals surface area (Å²) in [7, 11) is 0. The zero-order valence-electron chi connectivity index (χ0n) is 6.16. The molecule has 0 saturated heterocycles. The molecule has 0 aliphatic rings. The molecule has 0 amide bonds. The molecule has 0 spiro atoms. The van der Waals surface area contributed by atoms with Gasteiger partial charge in [-0.1, -0.05) is 0 Å². The fraction of sp³-hybridized carbons (Fsp3) is 0.500. The van der Waals surface area contributed by atoms with Crippen molar-refractivity contribution in [3.05, 3.63) is 0 Å². The molecule has 0 atom stereocenters. The van der Waals surface area contributed by atoms with Gasteiger partial charge in [0.1, 0.15) is 0 Å². The largest absolute Gasteiger partial charge is 2.00 e. The van der Waals surface area contributed by atoms with E-state index >= 15 is 0 Å². The minimum absolute atomic E-state index is 0. The molecular formula is C4H6BaO6. The molecule has 0 aliphatic heterocycles. The maximum atomic E-state index is 9.28. The fourth-order valence-corrected chi connectivity index (χ4v) is 0. The Morgan fingerprint density at radius 3 is 1.09 bits per heavy atom. The van der Waals surface area contributed by atoms with Crippen LogP contribution in [0.5, 0.6) is 0 Å². The van der Waals surface area contributed by atoms with Crippen molar-refractivity contribution >= 4 is 60.8 Å². The Morgan fingerprint density at radius 1 is 1.00 bits per heavy atom. The van der Waals surface area contributed by atoms with E-state index in [9.17, 15) is 9.59 Å². The van der Waals surface area contributed by atoms with Crippen LogP contribution in [0.2, 0.25) is 0 Å². The molecule has 0 N–H and O–H groups in total. The van der Waals surface area contributed by atoms with Gasteiger partial charge in [-0.15, -0.1) is 0 Å². The average Bonchev–Trinajstić information content (AvgIpc) is 1.89. The van der Waals surface area contributed by atoms with Crippen molar-refractivity contribution in [1.29, 1.82) is 0 Å². The molecule has 0 aromatic heterocycles. The second kappa shape index (κ2) is 13.1. The Kier molecular flexibility index (Phi) is 20.8. The molecule has 0 unspecified atom stereocenters. The van der Waals surface area contributed by atoms with Gasteiger partial charge in [0.05, 0.1) is 0 Å². The zero-order valence-corrected chi connectivity index (χ0v) is 10.6. The first-order chi connectivity index (χ1) is 4.54. The third kappa shape index (κ3) is 37.8. The van der Waals surface area contributed by atoms with Gasteiger partial charge in [-0.3, -0.25) is 9.59 Å². The Morgan fingerprint density at radius 2 is 1.09 bits per heavy atom. The van der Waals surface area contributed by atoms with E-state index in [2.05, 4.69) is 9.78 Å². The van der Waals surface area contributed by atoms with Gasteiger partial charge in [0.2, 0.25) is 0 Å². The summed E-state index contributed by atoms with van der Waals surface area (Å²) in [6.07, 6.45) is 0. The summed E-state index contributed by atoms with van der Waals surface area (Å²) in [5.41, 5.74) is 0. The van der Waals surface area contributed by atoms with E-state index in [0.29, 0.717) is 0 Å². The van der Waals surface area contributed by atoms with Gasteiger partial charge in [-0.2, -0.15) is 0 Å². The first-order valence-electron chi connectivity index (χ1n) is 2.15. The maximum absolute atomic E-state index is 9.28. The minimum atomic E-state index is -0.801. The van der Waals surface area contributed by atoms with E-state index in [1.807, 2.05) is 0 Å². The van der Waals surface area contributed by atoms with Crippen molar-refractivity contribution in [1.82, 2.24) is 0 Å².